The van der Waals surface area contributed by atoms with Gasteiger partial charge in [-0.2, -0.15) is 0 Å². The number of benzene rings is 1. The summed E-state index contributed by atoms with van der Waals surface area (Å²) in [4.78, 5) is 0. The Balaban J connectivity index is 1.59. The maximum atomic E-state index is 2.56. The first kappa shape index (κ1) is 15.5. The summed E-state index contributed by atoms with van der Waals surface area (Å²) in [6.45, 7) is 12.6. The smallest absolute Gasteiger partial charge is 0.00672 e. The Morgan fingerprint density at radius 2 is 1.38 bits per heavy atom. The van der Waals surface area contributed by atoms with Gasteiger partial charge in [0.25, 0.3) is 0 Å². The summed E-state index contributed by atoms with van der Waals surface area (Å²) in [5, 5.41) is 0. The second-order valence-electron chi connectivity index (χ2n) is 10.6. The molecule has 0 amide bonds. The first-order chi connectivity index (χ1) is 11.3. The summed E-state index contributed by atoms with van der Waals surface area (Å²) in [6.07, 6.45) is 7.47. The Morgan fingerprint density at radius 3 is 2.00 bits per heavy atom. The van der Waals surface area contributed by atoms with Crippen molar-refractivity contribution in [2.75, 3.05) is 0 Å². The molecule has 0 heterocycles. The van der Waals surface area contributed by atoms with E-state index in [0.717, 1.165) is 35.0 Å². The lowest BCUT2D eigenvalue weighted by molar-refractivity contribution is 0.175. The van der Waals surface area contributed by atoms with Gasteiger partial charge in [0.05, 0.1) is 0 Å². The largest absolute Gasteiger partial charge is 0.0617 e. The molecule has 1 aromatic carbocycles. The fourth-order valence-corrected chi connectivity index (χ4v) is 8.00. The molecular formula is C24H34. The average molecular weight is 323 g/mol. The van der Waals surface area contributed by atoms with Crippen LogP contribution >= 0.6 is 0 Å². The molecule has 0 saturated heterocycles. The van der Waals surface area contributed by atoms with Gasteiger partial charge in [-0.1, -0.05) is 58.9 Å². The predicted molar refractivity (Wildman–Crippen MR) is 101 cm³/mol. The summed E-state index contributed by atoms with van der Waals surface area (Å²) in [6, 6.07) is 9.81. The van der Waals surface area contributed by atoms with Crippen molar-refractivity contribution in [1.29, 1.82) is 0 Å². The van der Waals surface area contributed by atoms with Gasteiger partial charge in [0.1, 0.15) is 0 Å². The Morgan fingerprint density at radius 1 is 0.792 bits per heavy atom. The standard InChI is InChI=1S/C24H34/c1-15-14-20-16(2)23(20)10-12-24(13-11-23)17(3)21(24)22(4,5)19-8-6-18(15)7-9-19/h6-9,15-17,20-21H,10-14H2,1-5H3. The zero-order chi connectivity index (χ0) is 16.9. The highest BCUT2D eigenvalue weighted by molar-refractivity contribution is 5.35. The minimum Gasteiger partial charge on any atom is -0.0617 e. The summed E-state index contributed by atoms with van der Waals surface area (Å²) in [5.74, 6) is 4.49. The van der Waals surface area contributed by atoms with Crippen LogP contribution < -0.4 is 0 Å². The van der Waals surface area contributed by atoms with Gasteiger partial charge in [0.15, 0.2) is 0 Å². The van der Waals surface area contributed by atoms with Gasteiger partial charge in [0, 0.05) is 0 Å². The molecule has 5 unspecified atom stereocenters. The van der Waals surface area contributed by atoms with Gasteiger partial charge in [-0.25, -0.2) is 0 Å². The van der Waals surface area contributed by atoms with E-state index in [0.29, 0.717) is 10.8 Å². The lowest BCUT2D eigenvalue weighted by Crippen LogP contribution is -2.28. The SMILES string of the molecule is CC1CC2C(C)C23CCC2(CC3)C(C)C2C(C)(C)c2ccc1cc2. The van der Waals surface area contributed by atoms with E-state index in [4.69, 9.17) is 0 Å². The molecule has 7 aliphatic rings. The van der Waals surface area contributed by atoms with Crippen LogP contribution in [-0.2, 0) is 5.41 Å². The normalized spacial score (nSPS) is 51.0. The maximum Gasteiger partial charge on any atom is -0.00672 e. The van der Waals surface area contributed by atoms with Gasteiger partial charge >= 0.3 is 0 Å². The highest BCUT2D eigenvalue weighted by Gasteiger charge is 2.72. The Hall–Kier alpha value is -0.780. The molecule has 7 aliphatic carbocycles. The molecule has 0 heteroatoms. The number of hydrogen-bond acceptors (Lipinski definition) is 0. The summed E-state index contributed by atoms with van der Waals surface area (Å²) >= 11 is 0. The molecule has 8 rings (SSSR count). The van der Waals surface area contributed by atoms with E-state index in [1.807, 2.05) is 0 Å². The zero-order valence-electron chi connectivity index (χ0n) is 16.2. The lowest BCUT2D eigenvalue weighted by Gasteiger charge is -2.35. The van der Waals surface area contributed by atoms with E-state index in [2.05, 4.69) is 58.9 Å². The van der Waals surface area contributed by atoms with Crippen molar-refractivity contribution >= 4 is 0 Å². The highest BCUT2D eigenvalue weighted by atomic mass is 14.8. The van der Waals surface area contributed by atoms with Crippen LogP contribution in [-0.4, -0.2) is 0 Å². The molecule has 0 nitrogen and oxygen atoms in total. The molecule has 0 aliphatic heterocycles. The van der Waals surface area contributed by atoms with Crippen LogP contribution in [0.3, 0.4) is 0 Å². The van der Waals surface area contributed by atoms with Crippen molar-refractivity contribution in [3.8, 4) is 0 Å². The van der Waals surface area contributed by atoms with E-state index >= 15 is 0 Å². The van der Waals surface area contributed by atoms with Crippen LogP contribution in [0.25, 0.3) is 0 Å². The maximum absolute atomic E-state index is 2.56. The molecule has 3 saturated carbocycles. The van der Waals surface area contributed by atoms with Crippen molar-refractivity contribution < 1.29 is 0 Å². The Kier molecular flexibility index (Phi) is 2.89. The van der Waals surface area contributed by atoms with Crippen LogP contribution in [0.5, 0.6) is 0 Å². The minimum absolute atomic E-state index is 0.328. The lowest BCUT2D eigenvalue weighted by atomic mass is 9.69. The van der Waals surface area contributed by atoms with Crippen molar-refractivity contribution in [3.63, 3.8) is 0 Å². The van der Waals surface area contributed by atoms with Crippen molar-refractivity contribution in [3.05, 3.63) is 35.4 Å². The third kappa shape index (κ3) is 1.71. The third-order valence-electron chi connectivity index (χ3n) is 9.78. The van der Waals surface area contributed by atoms with E-state index < -0.39 is 0 Å². The van der Waals surface area contributed by atoms with Gasteiger partial charge in [-0.05, 0) is 89.1 Å². The minimum atomic E-state index is 0.328. The zero-order valence-corrected chi connectivity index (χ0v) is 16.2. The Labute approximate surface area is 148 Å². The average Bonchev–Trinajstić information content (AvgIpc) is 3.35. The van der Waals surface area contributed by atoms with E-state index in [1.54, 1.807) is 11.1 Å². The van der Waals surface area contributed by atoms with Crippen LogP contribution in [0, 0.1) is 34.5 Å². The predicted octanol–water partition coefficient (Wildman–Crippen LogP) is 6.55. The second-order valence-corrected chi connectivity index (χ2v) is 10.6. The van der Waals surface area contributed by atoms with E-state index in [1.165, 1.54) is 32.1 Å². The first-order valence-corrected chi connectivity index (χ1v) is 10.4. The van der Waals surface area contributed by atoms with Crippen molar-refractivity contribution in [2.24, 2.45) is 34.5 Å². The topological polar surface area (TPSA) is 0 Å². The second kappa shape index (κ2) is 4.49. The molecule has 4 bridgehead atoms. The van der Waals surface area contributed by atoms with Gasteiger partial charge in [-0.15, -0.1) is 0 Å². The van der Waals surface area contributed by atoms with Crippen LogP contribution in [0.1, 0.15) is 83.8 Å². The molecular weight excluding hydrogens is 288 g/mol. The van der Waals surface area contributed by atoms with Gasteiger partial charge in [-0.3, -0.25) is 0 Å². The monoisotopic (exact) mass is 322 g/mol. The number of hydrogen-bond donors (Lipinski definition) is 0. The molecule has 2 spiro atoms. The number of rotatable bonds is 0. The fourth-order valence-electron chi connectivity index (χ4n) is 8.00. The van der Waals surface area contributed by atoms with Crippen molar-refractivity contribution in [2.45, 2.75) is 78.1 Å². The molecule has 0 radical (unpaired) electrons. The first-order valence-electron chi connectivity index (χ1n) is 10.4. The quantitative estimate of drug-likeness (QED) is 0.508. The van der Waals surface area contributed by atoms with Crippen LogP contribution in [0.2, 0.25) is 0 Å². The summed E-state index contributed by atoms with van der Waals surface area (Å²) in [7, 11) is 0. The van der Waals surface area contributed by atoms with Crippen molar-refractivity contribution in [1.82, 2.24) is 0 Å². The van der Waals surface area contributed by atoms with Crippen LogP contribution in [0.15, 0.2) is 24.3 Å². The van der Waals surface area contributed by atoms with Gasteiger partial charge in [0.2, 0.25) is 0 Å². The highest BCUT2D eigenvalue weighted by Crippen LogP contribution is 2.78. The molecule has 130 valence electrons. The third-order valence-corrected chi connectivity index (χ3v) is 9.78. The summed E-state index contributed by atoms with van der Waals surface area (Å²) in [5.41, 5.74) is 4.86. The fraction of sp³-hybridized carbons (Fsp3) is 0.750. The van der Waals surface area contributed by atoms with Gasteiger partial charge < -0.3 is 0 Å². The van der Waals surface area contributed by atoms with Crippen LogP contribution in [0.4, 0.5) is 0 Å². The molecule has 5 atom stereocenters. The molecule has 24 heavy (non-hydrogen) atoms. The molecule has 0 N–H and O–H groups in total. The van der Waals surface area contributed by atoms with E-state index in [9.17, 15) is 0 Å². The summed E-state index contributed by atoms with van der Waals surface area (Å²) < 4.78 is 0. The molecule has 1 aromatic rings. The molecule has 0 aromatic heterocycles. The van der Waals surface area contributed by atoms with E-state index in [-0.39, 0.29) is 0 Å². The molecule has 3 fully saturated rings. The Bertz CT molecular complexity index is 656.